The zero-order chi connectivity index (χ0) is 24.6. The molecular weight excluding hydrogens is 436 g/mol. The van der Waals surface area contributed by atoms with Gasteiger partial charge >= 0.3 is 0 Å². The van der Waals surface area contributed by atoms with E-state index in [1.54, 1.807) is 6.08 Å². The molecule has 2 atom stereocenters. The monoisotopic (exact) mass is 468 g/mol. The van der Waals surface area contributed by atoms with Crippen molar-refractivity contribution in [2.24, 2.45) is 5.92 Å². The Kier molecular flexibility index (Phi) is 8.05. The maximum atomic E-state index is 12.8. The van der Waals surface area contributed by atoms with Gasteiger partial charge in [0.1, 0.15) is 18.2 Å². The van der Waals surface area contributed by atoms with Crippen LogP contribution in [0.25, 0.3) is 16.8 Å². The predicted octanol–water partition coefficient (Wildman–Crippen LogP) is 6.42. The number of hydrogen-bond acceptors (Lipinski definition) is 4. The fraction of sp³-hybridized carbons (Fsp3) is 0.333. The molecule has 0 unspecified atom stereocenters. The van der Waals surface area contributed by atoms with Gasteiger partial charge in [-0.15, -0.1) is 0 Å². The second-order valence-electron chi connectivity index (χ2n) is 9.08. The minimum atomic E-state index is -0.319. The first-order valence-corrected chi connectivity index (χ1v) is 12.4. The van der Waals surface area contributed by atoms with Crippen molar-refractivity contribution in [3.63, 3.8) is 0 Å². The predicted molar refractivity (Wildman–Crippen MR) is 139 cm³/mol. The second kappa shape index (κ2) is 11.6. The van der Waals surface area contributed by atoms with E-state index in [4.69, 9.17) is 9.47 Å². The molecule has 0 radical (unpaired) electrons. The standard InChI is InChI=1S/C30H32N2O3/c1-3-34-29-18-22(17-25(19-31)30(33)32-27-14-7-4-9-21(27)2)15-16-28(29)35-20-24-12-8-11-23-10-5-6-13-26(23)24/h5-6,8,10-13,15-18,21,27H,3-4,7,9,14,20H2,1-2H3,(H,32,33)/b25-17+/t21-,27+/m1/s1. The molecule has 1 aliphatic rings. The van der Waals surface area contributed by atoms with E-state index in [1.165, 1.54) is 11.8 Å². The maximum absolute atomic E-state index is 12.8. The molecule has 1 aliphatic carbocycles. The van der Waals surface area contributed by atoms with Gasteiger partial charge in [0.25, 0.3) is 5.91 Å². The molecule has 1 fully saturated rings. The molecule has 1 N–H and O–H groups in total. The van der Waals surface area contributed by atoms with Crippen LogP contribution in [0.1, 0.15) is 50.7 Å². The highest BCUT2D eigenvalue weighted by Gasteiger charge is 2.24. The summed E-state index contributed by atoms with van der Waals surface area (Å²) >= 11 is 0. The van der Waals surface area contributed by atoms with Crippen LogP contribution >= 0.6 is 0 Å². The van der Waals surface area contributed by atoms with Gasteiger partial charge in [-0.1, -0.05) is 68.3 Å². The summed E-state index contributed by atoms with van der Waals surface area (Å²) in [5.74, 6) is 1.31. The van der Waals surface area contributed by atoms with Crippen molar-refractivity contribution in [2.45, 2.75) is 52.2 Å². The third-order valence-electron chi connectivity index (χ3n) is 6.63. The summed E-state index contributed by atoms with van der Waals surface area (Å²) in [6, 6.07) is 22.1. The van der Waals surface area contributed by atoms with Gasteiger partial charge in [-0.2, -0.15) is 5.26 Å². The molecule has 1 amide bonds. The maximum Gasteiger partial charge on any atom is 0.262 e. The van der Waals surface area contributed by atoms with Crippen molar-refractivity contribution < 1.29 is 14.3 Å². The molecule has 0 heterocycles. The van der Waals surface area contributed by atoms with Crippen molar-refractivity contribution >= 4 is 22.8 Å². The minimum Gasteiger partial charge on any atom is -0.490 e. The first-order chi connectivity index (χ1) is 17.1. The van der Waals surface area contributed by atoms with E-state index in [0.717, 1.165) is 30.2 Å². The van der Waals surface area contributed by atoms with Crippen molar-refractivity contribution in [1.82, 2.24) is 5.32 Å². The topological polar surface area (TPSA) is 71.3 Å². The molecule has 180 valence electrons. The lowest BCUT2D eigenvalue weighted by atomic mass is 9.86. The average molecular weight is 469 g/mol. The molecule has 3 aromatic rings. The summed E-state index contributed by atoms with van der Waals surface area (Å²) in [6.45, 7) is 4.95. The van der Waals surface area contributed by atoms with E-state index >= 15 is 0 Å². The molecule has 0 aliphatic heterocycles. The fourth-order valence-corrected chi connectivity index (χ4v) is 4.67. The number of nitriles is 1. The van der Waals surface area contributed by atoms with E-state index in [0.29, 0.717) is 36.2 Å². The number of ether oxygens (including phenoxy) is 2. The number of carbonyl (C=O) groups is 1. The Morgan fingerprint density at radius 3 is 2.66 bits per heavy atom. The highest BCUT2D eigenvalue weighted by atomic mass is 16.5. The van der Waals surface area contributed by atoms with Crippen molar-refractivity contribution in [2.75, 3.05) is 6.61 Å². The van der Waals surface area contributed by atoms with E-state index in [2.05, 4.69) is 42.6 Å². The van der Waals surface area contributed by atoms with Crippen LogP contribution < -0.4 is 14.8 Å². The quantitative estimate of drug-likeness (QED) is 0.306. The van der Waals surface area contributed by atoms with E-state index in [-0.39, 0.29) is 17.5 Å². The molecule has 0 saturated heterocycles. The van der Waals surface area contributed by atoms with Crippen molar-refractivity contribution in [1.29, 1.82) is 5.26 Å². The second-order valence-corrected chi connectivity index (χ2v) is 9.08. The normalized spacial score (nSPS) is 18.0. The highest BCUT2D eigenvalue weighted by molar-refractivity contribution is 6.01. The number of hydrogen-bond donors (Lipinski definition) is 1. The smallest absolute Gasteiger partial charge is 0.262 e. The number of carbonyl (C=O) groups excluding carboxylic acids is 1. The van der Waals surface area contributed by atoms with Crippen LogP contribution in [-0.4, -0.2) is 18.6 Å². The molecule has 35 heavy (non-hydrogen) atoms. The number of benzene rings is 3. The Balaban J connectivity index is 1.51. The molecule has 0 aromatic heterocycles. The molecular formula is C30H32N2O3. The third-order valence-corrected chi connectivity index (χ3v) is 6.63. The van der Waals surface area contributed by atoms with Crippen molar-refractivity contribution in [3.8, 4) is 17.6 Å². The summed E-state index contributed by atoms with van der Waals surface area (Å²) in [6.07, 6.45) is 5.99. The van der Waals surface area contributed by atoms with Gasteiger partial charge in [-0.3, -0.25) is 4.79 Å². The number of fused-ring (bicyclic) bond motifs is 1. The zero-order valence-corrected chi connectivity index (χ0v) is 20.4. The van der Waals surface area contributed by atoms with Gasteiger partial charge in [0.15, 0.2) is 11.5 Å². The highest BCUT2D eigenvalue weighted by Crippen LogP contribution is 2.31. The number of nitrogens with one attached hydrogen (secondary N) is 1. The van der Waals surface area contributed by atoms with E-state index in [9.17, 15) is 10.1 Å². The van der Waals surface area contributed by atoms with Crippen LogP contribution in [0.4, 0.5) is 0 Å². The SMILES string of the molecule is CCOc1cc(/C=C(\C#N)C(=O)N[C@H]2CCCC[C@H]2C)ccc1OCc1cccc2ccccc12. The molecule has 4 rings (SSSR count). The molecule has 3 aromatic carbocycles. The Hall–Kier alpha value is -3.78. The van der Waals surface area contributed by atoms with Crippen LogP contribution in [0.5, 0.6) is 11.5 Å². The lowest BCUT2D eigenvalue weighted by molar-refractivity contribution is -0.118. The summed E-state index contributed by atoms with van der Waals surface area (Å²) in [7, 11) is 0. The average Bonchev–Trinajstić information content (AvgIpc) is 2.88. The van der Waals surface area contributed by atoms with Crippen LogP contribution in [0, 0.1) is 17.2 Å². The summed E-state index contributed by atoms with van der Waals surface area (Å²) in [4.78, 5) is 12.8. The first-order valence-electron chi connectivity index (χ1n) is 12.4. The van der Waals surface area contributed by atoms with Gasteiger partial charge in [0.2, 0.25) is 0 Å². The van der Waals surface area contributed by atoms with Crippen LogP contribution in [0.2, 0.25) is 0 Å². The Morgan fingerprint density at radius 2 is 1.86 bits per heavy atom. The molecule has 0 bridgehead atoms. The van der Waals surface area contributed by atoms with Crippen LogP contribution in [0.3, 0.4) is 0 Å². The fourth-order valence-electron chi connectivity index (χ4n) is 4.67. The van der Waals surface area contributed by atoms with Gasteiger partial charge < -0.3 is 14.8 Å². The first kappa shape index (κ1) is 24.3. The van der Waals surface area contributed by atoms with E-state index in [1.807, 2.05) is 43.3 Å². The summed E-state index contributed by atoms with van der Waals surface area (Å²) < 4.78 is 12.0. The Bertz CT molecular complexity index is 1250. The number of nitrogens with zero attached hydrogens (tertiary/aromatic N) is 1. The third kappa shape index (κ3) is 6.02. The summed E-state index contributed by atoms with van der Waals surface area (Å²) in [5, 5.41) is 15.0. The largest absolute Gasteiger partial charge is 0.490 e. The van der Waals surface area contributed by atoms with E-state index < -0.39 is 0 Å². The number of rotatable bonds is 8. The summed E-state index contributed by atoms with van der Waals surface area (Å²) in [5.41, 5.74) is 1.90. The number of amides is 1. The van der Waals surface area contributed by atoms with Gasteiger partial charge in [-0.25, -0.2) is 0 Å². The van der Waals surface area contributed by atoms with Crippen LogP contribution in [0.15, 0.2) is 66.2 Å². The van der Waals surface area contributed by atoms with Crippen LogP contribution in [-0.2, 0) is 11.4 Å². The molecule has 0 spiro atoms. The lowest BCUT2D eigenvalue weighted by Crippen LogP contribution is -2.41. The Morgan fingerprint density at radius 1 is 1.06 bits per heavy atom. The molecule has 1 saturated carbocycles. The zero-order valence-electron chi connectivity index (χ0n) is 20.4. The van der Waals surface area contributed by atoms with Gasteiger partial charge in [0.05, 0.1) is 6.61 Å². The molecule has 5 nitrogen and oxygen atoms in total. The minimum absolute atomic E-state index is 0.0923. The van der Waals surface area contributed by atoms with Crippen molar-refractivity contribution in [3.05, 3.63) is 77.4 Å². The lowest BCUT2D eigenvalue weighted by Gasteiger charge is -2.29. The van der Waals surface area contributed by atoms with Gasteiger partial charge in [-0.05, 0) is 65.8 Å². The molecule has 5 heteroatoms. The van der Waals surface area contributed by atoms with Gasteiger partial charge in [0, 0.05) is 6.04 Å². The Labute approximate surface area is 207 Å².